The average molecular weight is 223 g/mol. The summed E-state index contributed by atoms with van der Waals surface area (Å²) in [5.41, 5.74) is 0.796. The third-order valence-electron chi connectivity index (χ3n) is 2.16. The minimum absolute atomic E-state index is 0.0884. The van der Waals surface area contributed by atoms with E-state index in [0.29, 0.717) is 5.75 Å². The van der Waals surface area contributed by atoms with Crippen LogP contribution >= 0.6 is 0 Å². The van der Waals surface area contributed by atoms with Crippen LogP contribution in [-0.4, -0.2) is 24.2 Å². The molecule has 1 aromatic heterocycles. The van der Waals surface area contributed by atoms with E-state index in [9.17, 15) is 4.79 Å². The van der Waals surface area contributed by atoms with E-state index in [1.165, 1.54) is 7.11 Å². The molecule has 0 aromatic carbocycles. The normalized spacial score (nSPS) is 12.3. The quantitative estimate of drug-likeness (QED) is 0.734. The number of methoxy groups -OCH3 is 1. The number of rotatable bonds is 4. The Morgan fingerprint density at radius 3 is 2.56 bits per heavy atom. The first-order valence-corrected chi connectivity index (χ1v) is 5.24. The molecule has 0 radical (unpaired) electrons. The molecule has 1 aromatic rings. The number of aromatic nitrogens is 1. The van der Waals surface area contributed by atoms with Gasteiger partial charge < -0.3 is 9.47 Å². The summed E-state index contributed by atoms with van der Waals surface area (Å²) in [6.45, 7) is 5.66. The van der Waals surface area contributed by atoms with Gasteiger partial charge in [-0.2, -0.15) is 0 Å². The van der Waals surface area contributed by atoms with Crippen LogP contribution in [0.3, 0.4) is 0 Å². The van der Waals surface area contributed by atoms with Gasteiger partial charge in [0, 0.05) is 6.20 Å². The highest BCUT2D eigenvalue weighted by molar-refractivity contribution is 5.77. The molecule has 4 nitrogen and oxygen atoms in total. The van der Waals surface area contributed by atoms with Crippen LogP contribution in [0, 0.1) is 0 Å². The molecule has 16 heavy (non-hydrogen) atoms. The second-order valence-corrected chi connectivity index (χ2v) is 3.87. The van der Waals surface area contributed by atoms with Gasteiger partial charge in [-0.25, -0.2) is 0 Å². The van der Waals surface area contributed by atoms with Crippen LogP contribution < -0.4 is 4.74 Å². The molecule has 1 atom stereocenters. The van der Waals surface area contributed by atoms with Crippen molar-refractivity contribution in [2.75, 3.05) is 7.11 Å². The zero-order valence-corrected chi connectivity index (χ0v) is 10.1. The minimum atomic E-state index is -0.326. The lowest BCUT2D eigenvalue weighted by Gasteiger charge is -2.12. The van der Waals surface area contributed by atoms with Crippen LogP contribution in [-0.2, 0) is 9.53 Å². The van der Waals surface area contributed by atoms with Crippen molar-refractivity contribution in [2.24, 2.45) is 0 Å². The zero-order chi connectivity index (χ0) is 12.1. The van der Waals surface area contributed by atoms with Crippen molar-refractivity contribution >= 4 is 5.97 Å². The van der Waals surface area contributed by atoms with E-state index in [4.69, 9.17) is 4.74 Å². The number of hydrogen-bond donors (Lipinski definition) is 0. The fourth-order valence-corrected chi connectivity index (χ4v) is 1.32. The molecular formula is C12H17NO3. The molecule has 0 aliphatic carbocycles. The van der Waals surface area contributed by atoms with Crippen molar-refractivity contribution in [2.45, 2.75) is 32.8 Å². The molecule has 0 amide bonds. The number of carbonyl (C=O) groups is 1. The average Bonchev–Trinajstić information content (AvgIpc) is 2.26. The third-order valence-corrected chi connectivity index (χ3v) is 2.16. The maximum atomic E-state index is 11.4. The summed E-state index contributed by atoms with van der Waals surface area (Å²) in [5.74, 6) is 0.0694. The molecule has 88 valence electrons. The van der Waals surface area contributed by atoms with Crippen LogP contribution in [0.4, 0.5) is 0 Å². The highest BCUT2D eigenvalue weighted by Gasteiger charge is 2.16. The molecule has 0 saturated carbocycles. The highest BCUT2D eigenvalue weighted by atomic mass is 16.5. The molecule has 1 heterocycles. The fraction of sp³-hybridized carbons (Fsp3) is 0.500. The second kappa shape index (κ2) is 5.49. The van der Waals surface area contributed by atoms with Gasteiger partial charge in [0.15, 0.2) is 0 Å². The first-order chi connectivity index (χ1) is 7.54. The van der Waals surface area contributed by atoms with Gasteiger partial charge in [-0.3, -0.25) is 9.78 Å². The number of carbonyl (C=O) groups excluding carboxylic acids is 1. The lowest BCUT2D eigenvalue weighted by molar-refractivity contribution is -0.141. The third kappa shape index (κ3) is 3.22. The van der Waals surface area contributed by atoms with Crippen molar-refractivity contribution in [3.63, 3.8) is 0 Å². The van der Waals surface area contributed by atoms with Gasteiger partial charge >= 0.3 is 5.97 Å². The molecule has 4 heteroatoms. The van der Waals surface area contributed by atoms with Crippen LogP contribution in [0.25, 0.3) is 0 Å². The number of ether oxygens (including phenoxy) is 2. The monoisotopic (exact) mass is 223 g/mol. The van der Waals surface area contributed by atoms with Crippen LogP contribution in [0.15, 0.2) is 18.5 Å². The molecule has 1 unspecified atom stereocenters. The van der Waals surface area contributed by atoms with E-state index in [0.717, 1.165) is 5.56 Å². The van der Waals surface area contributed by atoms with E-state index in [2.05, 4.69) is 9.72 Å². The molecule has 0 spiro atoms. The summed E-state index contributed by atoms with van der Waals surface area (Å²) < 4.78 is 10.2. The standard InChI is InChI=1S/C12H17NO3/c1-8(2)16-11-5-10(6-13-7-11)9(3)12(14)15-4/h5-9H,1-4H3. The van der Waals surface area contributed by atoms with Crippen molar-refractivity contribution in [3.05, 3.63) is 24.0 Å². The van der Waals surface area contributed by atoms with Gasteiger partial charge in [-0.1, -0.05) is 0 Å². The predicted molar refractivity (Wildman–Crippen MR) is 60.4 cm³/mol. The summed E-state index contributed by atoms with van der Waals surface area (Å²) in [4.78, 5) is 15.4. The molecule has 0 N–H and O–H groups in total. The van der Waals surface area contributed by atoms with Crippen molar-refractivity contribution in [1.29, 1.82) is 0 Å². The topological polar surface area (TPSA) is 48.4 Å². The molecular weight excluding hydrogens is 206 g/mol. The molecule has 0 aliphatic heterocycles. The van der Waals surface area contributed by atoms with Crippen molar-refractivity contribution in [1.82, 2.24) is 4.98 Å². The lowest BCUT2D eigenvalue weighted by Crippen LogP contribution is -2.12. The first kappa shape index (κ1) is 12.5. The van der Waals surface area contributed by atoms with Gasteiger partial charge in [-0.15, -0.1) is 0 Å². The number of nitrogens with zero attached hydrogens (tertiary/aromatic N) is 1. The smallest absolute Gasteiger partial charge is 0.312 e. The van der Waals surface area contributed by atoms with Crippen molar-refractivity contribution in [3.8, 4) is 5.75 Å². The first-order valence-electron chi connectivity index (χ1n) is 5.24. The second-order valence-electron chi connectivity index (χ2n) is 3.87. The number of esters is 1. The molecule has 0 bridgehead atoms. The summed E-state index contributed by atoms with van der Waals surface area (Å²) in [6.07, 6.45) is 3.37. The van der Waals surface area contributed by atoms with Gasteiger partial charge in [0.2, 0.25) is 0 Å². The van der Waals surface area contributed by atoms with Crippen LogP contribution in [0.1, 0.15) is 32.3 Å². The Hall–Kier alpha value is -1.58. The number of pyridine rings is 1. The van der Waals surface area contributed by atoms with Gasteiger partial charge in [0.1, 0.15) is 5.75 Å². The zero-order valence-electron chi connectivity index (χ0n) is 10.1. The van der Waals surface area contributed by atoms with E-state index in [-0.39, 0.29) is 18.0 Å². The van der Waals surface area contributed by atoms with E-state index < -0.39 is 0 Å². The number of hydrogen-bond acceptors (Lipinski definition) is 4. The Labute approximate surface area is 95.6 Å². The Morgan fingerprint density at radius 2 is 2.00 bits per heavy atom. The summed E-state index contributed by atoms with van der Waals surface area (Å²) in [5, 5.41) is 0. The minimum Gasteiger partial charge on any atom is -0.489 e. The molecule has 0 fully saturated rings. The fourth-order valence-electron chi connectivity index (χ4n) is 1.32. The van der Waals surface area contributed by atoms with E-state index >= 15 is 0 Å². The van der Waals surface area contributed by atoms with Gasteiger partial charge in [-0.05, 0) is 32.4 Å². The Balaban J connectivity index is 2.85. The Kier molecular flexibility index (Phi) is 4.28. The summed E-state index contributed by atoms with van der Waals surface area (Å²) >= 11 is 0. The Morgan fingerprint density at radius 1 is 1.31 bits per heavy atom. The van der Waals surface area contributed by atoms with Crippen LogP contribution in [0.5, 0.6) is 5.75 Å². The maximum Gasteiger partial charge on any atom is 0.312 e. The van der Waals surface area contributed by atoms with E-state index in [1.807, 2.05) is 19.9 Å². The van der Waals surface area contributed by atoms with E-state index in [1.54, 1.807) is 19.3 Å². The SMILES string of the molecule is COC(=O)C(C)c1cncc(OC(C)C)c1. The summed E-state index contributed by atoms with van der Waals surface area (Å²) in [6, 6.07) is 1.81. The lowest BCUT2D eigenvalue weighted by atomic mass is 10.0. The summed E-state index contributed by atoms with van der Waals surface area (Å²) in [7, 11) is 1.38. The largest absolute Gasteiger partial charge is 0.489 e. The Bertz CT molecular complexity index is 363. The molecule has 0 aliphatic rings. The van der Waals surface area contributed by atoms with Crippen molar-refractivity contribution < 1.29 is 14.3 Å². The maximum absolute atomic E-state index is 11.4. The molecule has 0 saturated heterocycles. The molecule has 1 rings (SSSR count). The predicted octanol–water partition coefficient (Wildman–Crippen LogP) is 2.15. The highest BCUT2D eigenvalue weighted by Crippen LogP contribution is 2.20. The van der Waals surface area contributed by atoms with Crippen LogP contribution in [0.2, 0.25) is 0 Å². The van der Waals surface area contributed by atoms with Gasteiger partial charge in [0.05, 0.1) is 25.3 Å². The van der Waals surface area contributed by atoms with Gasteiger partial charge in [0.25, 0.3) is 0 Å².